The van der Waals surface area contributed by atoms with Crippen molar-refractivity contribution in [2.75, 3.05) is 32.8 Å². The Labute approximate surface area is 184 Å². The second-order valence-corrected chi connectivity index (χ2v) is 7.70. The molecule has 0 unspecified atom stereocenters. The van der Waals surface area contributed by atoms with Gasteiger partial charge in [-0.1, -0.05) is 48.5 Å². The van der Waals surface area contributed by atoms with Crippen LogP contribution in [0.5, 0.6) is 0 Å². The van der Waals surface area contributed by atoms with Gasteiger partial charge >= 0.3 is 0 Å². The Hall–Kier alpha value is -2.96. The summed E-state index contributed by atoms with van der Waals surface area (Å²) in [6.45, 7) is 8.80. The first-order valence-corrected chi connectivity index (χ1v) is 11.0. The van der Waals surface area contributed by atoms with Gasteiger partial charge in [-0.25, -0.2) is 4.99 Å². The quantitative estimate of drug-likeness (QED) is 0.456. The van der Waals surface area contributed by atoms with Gasteiger partial charge in [0.25, 0.3) is 0 Å². The second-order valence-electron chi connectivity index (χ2n) is 7.70. The molecule has 3 aromatic rings. The summed E-state index contributed by atoms with van der Waals surface area (Å²) in [4.78, 5) is 11.8. The number of benzene rings is 2. The summed E-state index contributed by atoms with van der Waals surface area (Å²) >= 11 is 0. The third-order valence-corrected chi connectivity index (χ3v) is 5.53. The van der Waals surface area contributed by atoms with Gasteiger partial charge in [-0.15, -0.1) is 0 Å². The third-order valence-electron chi connectivity index (χ3n) is 5.53. The van der Waals surface area contributed by atoms with E-state index in [2.05, 4.69) is 76.0 Å². The van der Waals surface area contributed by atoms with Gasteiger partial charge in [0.05, 0.1) is 25.3 Å². The molecule has 0 amide bonds. The minimum absolute atomic E-state index is 0.582. The predicted octanol–water partition coefficient (Wildman–Crippen LogP) is 3.32. The zero-order valence-electron chi connectivity index (χ0n) is 18.2. The van der Waals surface area contributed by atoms with Crippen LogP contribution in [0, 0.1) is 0 Å². The van der Waals surface area contributed by atoms with Crippen LogP contribution in [0.2, 0.25) is 0 Å². The summed E-state index contributed by atoms with van der Waals surface area (Å²) in [5, 5.41) is 8.02. The van der Waals surface area contributed by atoms with Gasteiger partial charge in [0.15, 0.2) is 5.96 Å². The highest BCUT2D eigenvalue weighted by molar-refractivity contribution is 5.83. The average molecular weight is 418 g/mol. The Morgan fingerprint density at radius 3 is 2.58 bits per heavy atom. The summed E-state index contributed by atoms with van der Waals surface area (Å²) in [6.07, 6.45) is 1.84. The molecule has 0 aliphatic carbocycles. The van der Waals surface area contributed by atoms with E-state index in [-0.39, 0.29) is 0 Å². The van der Waals surface area contributed by atoms with E-state index in [1.165, 1.54) is 11.1 Å². The van der Waals surface area contributed by atoms with Crippen molar-refractivity contribution in [1.29, 1.82) is 0 Å². The Kier molecular flexibility index (Phi) is 7.47. The summed E-state index contributed by atoms with van der Waals surface area (Å²) in [5.41, 5.74) is 4.79. The van der Waals surface area contributed by atoms with E-state index in [0.29, 0.717) is 6.54 Å². The van der Waals surface area contributed by atoms with E-state index in [9.17, 15) is 0 Å². The summed E-state index contributed by atoms with van der Waals surface area (Å²) < 4.78 is 5.48. The first-order chi connectivity index (χ1) is 15.3. The summed E-state index contributed by atoms with van der Waals surface area (Å²) in [7, 11) is 0. The molecular weight excluding hydrogens is 386 g/mol. The molecule has 162 valence electrons. The number of hydrogen-bond acceptors (Lipinski definition) is 4. The molecule has 0 radical (unpaired) electrons. The summed E-state index contributed by atoms with van der Waals surface area (Å²) in [6, 6.07) is 18.9. The van der Waals surface area contributed by atoms with E-state index in [4.69, 9.17) is 9.73 Å². The molecule has 0 spiro atoms. The molecule has 6 heteroatoms. The number of pyridine rings is 1. The number of guanidine groups is 1. The number of ether oxygens (including phenoxy) is 1. The van der Waals surface area contributed by atoms with Gasteiger partial charge in [0, 0.05) is 44.3 Å². The Morgan fingerprint density at radius 2 is 1.74 bits per heavy atom. The van der Waals surface area contributed by atoms with E-state index in [1.54, 1.807) is 0 Å². The van der Waals surface area contributed by atoms with E-state index >= 15 is 0 Å². The fourth-order valence-corrected chi connectivity index (χ4v) is 3.86. The standard InChI is InChI=1S/C25H31N5O/c1-2-26-25(29-18-22-10-5-9-20-11-6-12-27-24(20)22)28-17-21-7-3-4-8-23(21)19-30-13-15-31-16-14-30/h3-12H,2,13-19H2,1H3,(H2,26,28,29). The SMILES string of the molecule is CCNC(=NCc1cccc2cccnc12)NCc1ccccc1CN1CCOCC1. The maximum Gasteiger partial charge on any atom is 0.191 e. The molecule has 0 bridgehead atoms. The molecule has 1 fully saturated rings. The lowest BCUT2D eigenvalue weighted by atomic mass is 10.1. The van der Waals surface area contributed by atoms with Crippen LogP contribution in [0.25, 0.3) is 10.9 Å². The van der Waals surface area contributed by atoms with Crippen LogP contribution in [0.4, 0.5) is 0 Å². The van der Waals surface area contributed by atoms with Gasteiger partial charge in [-0.3, -0.25) is 9.88 Å². The van der Waals surface area contributed by atoms with Crippen molar-refractivity contribution in [2.24, 2.45) is 4.99 Å². The van der Waals surface area contributed by atoms with Crippen molar-refractivity contribution in [3.05, 3.63) is 77.5 Å². The van der Waals surface area contributed by atoms with Gasteiger partial charge < -0.3 is 15.4 Å². The molecule has 6 nitrogen and oxygen atoms in total. The fraction of sp³-hybridized carbons (Fsp3) is 0.360. The molecule has 1 saturated heterocycles. The highest BCUT2D eigenvalue weighted by Crippen LogP contribution is 2.17. The van der Waals surface area contributed by atoms with E-state index in [1.807, 2.05) is 12.3 Å². The smallest absolute Gasteiger partial charge is 0.191 e. The number of morpholine rings is 1. The molecular formula is C25H31N5O. The molecule has 2 aromatic carbocycles. The molecule has 2 heterocycles. The Balaban J connectivity index is 1.44. The molecule has 1 aromatic heterocycles. The molecule has 0 atom stereocenters. The van der Waals surface area contributed by atoms with Crippen molar-refractivity contribution in [3.63, 3.8) is 0 Å². The number of nitrogens with one attached hydrogen (secondary N) is 2. The number of para-hydroxylation sites is 1. The number of rotatable bonds is 7. The van der Waals surface area contributed by atoms with Gasteiger partial charge in [0.1, 0.15) is 0 Å². The lowest BCUT2D eigenvalue weighted by molar-refractivity contribution is 0.0341. The first-order valence-electron chi connectivity index (χ1n) is 11.0. The van der Waals surface area contributed by atoms with Crippen molar-refractivity contribution in [3.8, 4) is 0 Å². The zero-order valence-corrected chi connectivity index (χ0v) is 18.2. The normalized spacial score (nSPS) is 15.2. The van der Waals surface area contributed by atoms with Gasteiger partial charge in [0.2, 0.25) is 0 Å². The van der Waals surface area contributed by atoms with Crippen LogP contribution in [-0.4, -0.2) is 48.7 Å². The average Bonchev–Trinajstić information content (AvgIpc) is 2.82. The fourth-order valence-electron chi connectivity index (χ4n) is 3.86. The molecule has 31 heavy (non-hydrogen) atoms. The van der Waals surface area contributed by atoms with Crippen LogP contribution < -0.4 is 10.6 Å². The maximum atomic E-state index is 5.48. The zero-order chi connectivity index (χ0) is 21.3. The lowest BCUT2D eigenvalue weighted by Crippen LogP contribution is -2.38. The number of nitrogens with zero attached hydrogens (tertiary/aromatic N) is 3. The predicted molar refractivity (Wildman–Crippen MR) is 126 cm³/mol. The molecule has 1 aliphatic rings. The van der Waals surface area contributed by atoms with E-state index < -0.39 is 0 Å². The number of hydrogen-bond donors (Lipinski definition) is 2. The van der Waals surface area contributed by atoms with Crippen LogP contribution in [0.1, 0.15) is 23.6 Å². The topological polar surface area (TPSA) is 61.8 Å². The minimum Gasteiger partial charge on any atom is -0.379 e. The minimum atomic E-state index is 0.582. The third kappa shape index (κ3) is 5.81. The van der Waals surface area contributed by atoms with Gasteiger partial charge in [-0.2, -0.15) is 0 Å². The number of fused-ring (bicyclic) bond motifs is 1. The molecule has 1 aliphatic heterocycles. The lowest BCUT2D eigenvalue weighted by Gasteiger charge is -2.27. The van der Waals surface area contributed by atoms with Crippen molar-refractivity contribution in [2.45, 2.75) is 26.6 Å². The second kappa shape index (κ2) is 10.9. The van der Waals surface area contributed by atoms with Crippen LogP contribution in [0.3, 0.4) is 0 Å². The number of aliphatic imine (C=N–C) groups is 1. The molecule has 0 saturated carbocycles. The van der Waals surface area contributed by atoms with Crippen LogP contribution in [-0.2, 0) is 24.4 Å². The Morgan fingerprint density at radius 1 is 0.968 bits per heavy atom. The monoisotopic (exact) mass is 417 g/mol. The molecule has 2 N–H and O–H groups in total. The van der Waals surface area contributed by atoms with E-state index in [0.717, 1.165) is 68.4 Å². The maximum absolute atomic E-state index is 5.48. The van der Waals surface area contributed by atoms with Crippen molar-refractivity contribution >= 4 is 16.9 Å². The number of aromatic nitrogens is 1. The largest absolute Gasteiger partial charge is 0.379 e. The highest BCUT2D eigenvalue weighted by Gasteiger charge is 2.13. The van der Waals surface area contributed by atoms with Gasteiger partial charge in [-0.05, 0) is 29.7 Å². The summed E-state index contributed by atoms with van der Waals surface area (Å²) in [5.74, 6) is 0.816. The molecule has 4 rings (SSSR count). The highest BCUT2D eigenvalue weighted by atomic mass is 16.5. The van der Waals surface area contributed by atoms with Crippen molar-refractivity contribution < 1.29 is 4.74 Å². The first kappa shape index (κ1) is 21.3. The Bertz CT molecular complexity index is 1010. The van der Waals surface area contributed by atoms with Crippen LogP contribution >= 0.6 is 0 Å². The van der Waals surface area contributed by atoms with Crippen LogP contribution in [0.15, 0.2) is 65.8 Å². The van der Waals surface area contributed by atoms with Crippen molar-refractivity contribution in [1.82, 2.24) is 20.5 Å².